The molecule has 0 radical (unpaired) electrons. The van der Waals surface area contributed by atoms with Crippen molar-refractivity contribution >= 4 is 39.1 Å². The van der Waals surface area contributed by atoms with Crippen molar-refractivity contribution in [1.29, 1.82) is 5.26 Å². The number of halogens is 6. The molecule has 0 saturated carbocycles. The normalized spacial score (nSPS) is 11.5. The second-order valence-corrected chi connectivity index (χ2v) is 5.80. The molecular weight excluding hydrogens is 408 g/mol. The number of benzene rings is 1. The van der Waals surface area contributed by atoms with Crippen LogP contribution in [0.4, 0.5) is 13.2 Å². The summed E-state index contributed by atoms with van der Waals surface area (Å²) in [5.41, 5.74) is -1.22. The van der Waals surface area contributed by atoms with Crippen molar-refractivity contribution in [2.45, 2.75) is 12.9 Å². The fraction of sp³-hybridized carbons (Fsp3) is 0.154. The topological polar surface area (TPSA) is 49.0 Å². The molecule has 1 N–H and O–H groups in total. The maximum absolute atomic E-state index is 13.2. The molecule has 1 aromatic carbocycles. The molecule has 0 spiro atoms. The van der Waals surface area contributed by atoms with Crippen molar-refractivity contribution in [2.75, 3.05) is 0 Å². The van der Waals surface area contributed by atoms with E-state index in [1.165, 1.54) is 18.2 Å². The molecule has 0 fully saturated rings. The maximum atomic E-state index is 13.2. The first-order valence-corrected chi connectivity index (χ1v) is 7.22. The van der Waals surface area contributed by atoms with Gasteiger partial charge in [0.1, 0.15) is 24.2 Å². The standard InChI is InChI=1S/C13H6BrCl2F3N2O/c14-11-10(6-1-2-7(15)8(16)3-6)9(4-20)21(5-22)12(11)13(17,18)19/h1-3,22H,5H2. The predicted molar refractivity (Wildman–Crippen MR) is 79.5 cm³/mol. The van der Waals surface area contributed by atoms with E-state index in [0.717, 1.165) is 0 Å². The number of nitrogens with zero attached hydrogens (tertiary/aromatic N) is 2. The Hall–Kier alpha value is -1.20. The van der Waals surface area contributed by atoms with Crippen molar-refractivity contribution in [2.24, 2.45) is 0 Å². The monoisotopic (exact) mass is 412 g/mol. The summed E-state index contributed by atoms with van der Waals surface area (Å²) in [6.45, 7) is -0.988. The lowest BCUT2D eigenvalue weighted by Crippen LogP contribution is -2.15. The largest absolute Gasteiger partial charge is 0.432 e. The zero-order valence-electron chi connectivity index (χ0n) is 10.5. The quantitative estimate of drug-likeness (QED) is 0.747. The van der Waals surface area contributed by atoms with Crippen LogP contribution >= 0.6 is 39.1 Å². The van der Waals surface area contributed by atoms with Gasteiger partial charge in [-0.15, -0.1) is 0 Å². The van der Waals surface area contributed by atoms with Gasteiger partial charge in [0.15, 0.2) is 0 Å². The number of nitriles is 1. The Morgan fingerprint density at radius 2 is 1.91 bits per heavy atom. The smallest absolute Gasteiger partial charge is 0.376 e. The van der Waals surface area contributed by atoms with E-state index in [-0.39, 0.29) is 31.3 Å². The Labute approximate surface area is 141 Å². The van der Waals surface area contributed by atoms with Crippen molar-refractivity contribution in [3.05, 3.63) is 44.1 Å². The molecular formula is C13H6BrCl2F3N2O. The van der Waals surface area contributed by atoms with E-state index in [9.17, 15) is 23.5 Å². The van der Waals surface area contributed by atoms with Gasteiger partial charge in [0.25, 0.3) is 0 Å². The molecule has 0 aliphatic rings. The number of aliphatic hydroxyl groups is 1. The van der Waals surface area contributed by atoms with Gasteiger partial charge in [-0.05, 0) is 33.6 Å². The van der Waals surface area contributed by atoms with Crippen LogP contribution in [0.5, 0.6) is 0 Å². The van der Waals surface area contributed by atoms with Crippen molar-refractivity contribution < 1.29 is 18.3 Å². The molecule has 116 valence electrons. The van der Waals surface area contributed by atoms with Gasteiger partial charge in [0, 0.05) is 5.56 Å². The van der Waals surface area contributed by atoms with Gasteiger partial charge >= 0.3 is 6.18 Å². The van der Waals surface area contributed by atoms with Crippen LogP contribution in [0.15, 0.2) is 22.7 Å². The Morgan fingerprint density at radius 1 is 1.27 bits per heavy atom. The molecule has 2 rings (SSSR count). The lowest BCUT2D eigenvalue weighted by atomic mass is 10.1. The van der Waals surface area contributed by atoms with Crippen LogP contribution in [0.25, 0.3) is 11.1 Å². The van der Waals surface area contributed by atoms with Crippen molar-refractivity contribution in [1.82, 2.24) is 4.57 Å². The highest BCUT2D eigenvalue weighted by atomic mass is 79.9. The molecule has 0 bridgehead atoms. The highest BCUT2D eigenvalue weighted by Crippen LogP contribution is 2.44. The summed E-state index contributed by atoms with van der Waals surface area (Å²) in [7, 11) is 0. The predicted octanol–water partition coefficient (Wildman–Crippen LogP) is 5.06. The number of alkyl halides is 3. The second kappa shape index (κ2) is 6.13. The first-order chi connectivity index (χ1) is 10.2. The fourth-order valence-electron chi connectivity index (χ4n) is 2.04. The Balaban J connectivity index is 2.84. The molecule has 0 aliphatic carbocycles. The lowest BCUT2D eigenvalue weighted by molar-refractivity contribution is -0.145. The molecule has 0 saturated heterocycles. The lowest BCUT2D eigenvalue weighted by Gasteiger charge is -2.10. The van der Waals surface area contributed by atoms with Gasteiger partial charge in [-0.3, -0.25) is 0 Å². The van der Waals surface area contributed by atoms with Gasteiger partial charge < -0.3 is 9.67 Å². The Bertz CT molecular complexity index is 781. The number of aliphatic hydroxyl groups excluding tert-OH is 1. The van der Waals surface area contributed by atoms with E-state index < -0.39 is 18.6 Å². The van der Waals surface area contributed by atoms with E-state index in [0.29, 0.717) is 4.57 Å². The number of aromatic nitrogens is 1. The molecule has 0 amide bonds. The van der Waals surface area contributed by atoms with Gasteiger partial charge in [-0.1, -0.05) is 29.3 Å². The van der Waals surface area contributed by atoms with Crippen LogP contribution in [-0.2, 0) is 12.9 Å². The fourth-order valence-corrected chi connectivity index (χ4v) is 3.19. The maximum Gasteiger partial charge on any atom is 0.432 e. The highest BCUT2D eigenvalue weighted by molar-refractivity contribution is 9.10. The summed E-state index contributed by atoms with van der Waals surface area (Å²) < 4.78 is 39.6. The summed E-state index contributed by atoms with van der Waals surface area (Å²) in [5.74, 6) is 0. The minimum absolute atomic E-state index is 0.0116. The molecule has 0 atom stereocenters. The second-order valence-electron chi connectivity index (χ2n) is 4.19. The first-order valence-electron chi connectivity index (χ1n) is 5.68. The summed E-state index contributed by atoms with van der Waals surface area (Å²) in [4.78, 5) is 0. The van der Waals surface area contributed by atoms with E-state index >= 15 is 0 Å². The number of hydrogen-bond donors (Lipinski definition) is 1. The molecule has 9 heteroatoms. The van der Waals surface area contributed by atoms with Crippen LogP contribution in [0, 0.1) is 11.3 Å². The van der Waals surface area contributed by atoms with Crippen molar-refractivity contribution in [3.63, 3.8) is 0 Å². The zero-order chi connectivity index (χ0) is 16.7. The SMILES string of the molecule is N#Cc1c(-c2ccc(Cl)c(Cl)c2)c(Br)c(C(F)(F)F)n1CO. The van der Waals surface area contributed by atoms with Gasteiger partial charge in [-0.25, -0.2) is 0 Å². The minimum atomic E-state index is -4.75. The summed E-state index contributed by atoms with van der Waals surface area (Å²) in [6.07, 6.45) is -4.75. The van der Waals surface area contributed by atoms with Gasteiger partial charge in [-0.2, -0.15) is 18.4 Å². The average molecular weight is 414 g/mol. The molecule has 2 aromatic rings. The zero-order valence-corrected chi connectivity index (χ0v) is 13.6. The molecule has 1 heterocycles. The molecule has 1 aromatic heterocycles. The minimum Gasteiger partial charge on any atom is -0.376 e. The van der Waals surface area contributed by atoms with E-state index in [1.807, 2.05) is 0 Å². The third-order valence-electron chi connectivity index (χ3n) is 2.93. The molecule has 22 heavy (non-hydrogen) atoms. The Morgan fingerprint density at radius 3 is 2.36 bits per heavy atom. The third-order valence-corrected chi connectivity index (χ3v) is 4.44. The van der Waals surface area contributed by atoms with E-state index in [2.05, 4.69) is 15.9 Å². The highest BCUT2D eigenvalue weighted by Gasteiger charge is 2.40. The molecule has 0 unspecified atom stereocenters. The molecule has 0 aliphatic heterocycles. The van der Waals surface area contributed by atoms with Gasteiger partial charge in [0.2, 0.25) is 0 Å². The van der Waals surface area contributed by atoms with Crippen LogP contribution in [0.2, 0.25) is 10.0 Å². The van der Waals surface area contributed by atoms with Gasteiger partial charge in [0.05, 0.1) is 14.5 Å². The van der Waals surface area contributed by atoms with E-state index in [1.54, 1.807) is 6.07 Å². The number of hydrogen-bond acceptors (Lipinski definition) is 2. The van der Waals surface area contributed by atoms with Crippen LogP contribution in [0.1, 0.15) is 11.4 Å². The molecule has 3 nitrogen and oxygen atoms in total. The summed E-state index contributed by atoms with van der Waals surface area (Å²) in [6, 6.07) is 5.89. The summed E-state index contributed by atoms with van der Waals surface area (Å²) in [5, 5.41) is 18.8. The summed E-state index contributed by atoms with van der Waals surface area (Å²) >= 11 is 14.5. The Kier molecular flexibility index (Phi) is 4.78. The van der Waals surface area contributed by atoms with E-state index in [4.69, 9.17) is 23.2 Å². The van der Waals surface area contributed by atoms with Crippen LogP contribution in [0.3, 0.4) is 0 Å². The van der Waals surface area contributed by atoms with Crippen LogP contribution < -0.4 is 0 Å². The van der Waals surface area contributed by atoms with Crippen molar-refractivity contribution in [3.8, 4) is 17.2 Å². The average Bonchev–Trinajstić information content (AvgIpc) is 2.73. The first kappa shape index (κ1) is 17.2. The third kappa shape index (κ3) is 2.84. The van der Waals surface area contributed by atoms with Crippen LogP contribution in [-0.4, -0.2) is 9.67 Å². The number of rotatable bonds is 2.